The second-order valence-corrected chi connectivity index (χ2v) is 5.82. The number of aryl methyl sites for hydroxylation is 2. The minimum absolute atomic E-state index is 0.00379. The van der Waals surface area contributed by atoms with Crippen LogP contribution < -0.4 is 5.32 Å². The molecule has 1 N–H and O–H groups in total. The van der Waals surface area contributed by atoms with Gasteiger partial charge in [-0.25, -0.2) is 4.68 Å². The Balaban J connectivity index is 1.47. The van der Waals surface area contributed by atoms with Crippen molar-refractivity contribution < 1.29 is 9.32 Å². The summed E-state index contributed by atoms with van der Waals surface area (Å²) in [5.41, 5.74) is 1.96. The monoisotopic (exact) mass is 340 g/mol. The molecule has 2 aromatic heterocycles. The second-order valence-electron chi connectivity index (χ2n) is 5.82. The summed E-state index contributed by atoms with van der Waals surface area (Å²) in [6, 6.07) is 7.78. The Hall–Kier alpha value is -3.03. The van der Waals surface area contributed by atoms with Gasteiger partial charge in [0.1, 0.15) is 0 Å². The standard InChI is InChI=1S/C17H20N6O2/c1-12(14-6-8-15(9-7-14)23-11-10-18-22-23)19-16(24)4-3-5-17-20-13(2)21-25-17/h6-12H,3-5H2,1-2H3,(H,19,24)/t12-/m1/s1. The van der Waals surface area contributed by atoms with Gasteiger partial charge in [-0.3, -0.25) is 4.79 Å². The molecular weight excluding hydrogens is 320 g/mol. The van der Waals surface area contributed by atoms with Gasteiger partial charge in [-0.1, -0.05) is 22.5 Å². The van der Waals surface area contributed by atoms with Gasteiger partial charge in [0.15, 0.2) is 5.82 Å². The number of nitrogens with one attached hydrogen (secondary N) is 1. The van der Waals surface area contributed by atoms with Crippen LogP contribution in [-0.4, -0.2) is 31.0 Å². The van der Waals surface area contributed by atoms with Crippen molar-refractivity contribution in [2.24, 2.45) is 0 Å². The third-order valence-electron chi connectivity index (χ3n) is 3.82. The minimum Gasteiger partial charge on any atom is -0.350 e. The van der Waals surface area contributed by atoms with E-state index in [2.05, 4.69) is 25.8 Å². The largest absolute Gasteiger partial charge is 0.350 e. The SMILES string of the molecule is Cc1noc(CCCC(=O)N[C@H](C)c2ccc(-n3ccnn3)cc2)n1. The number of benzene rings is 1. The zero-order valence-electron chi connectivity index (χ0n) is 14.2. The molecule has 25 heavy (non-hydrogen) atoms. The Bertz CT molecular complexity index is 810. The molecule has 0 aliphatic rings. The highest BCUT2D eigenvalue weighted by molar-refractivity contribution is 5.76. The lowest BCUT2D eigenvalue weighted by Crippen LogP contribution is -2.26. The van der Waals surface area contributed by atoms with Crippen LogP contribution in [-0.2, 0) is 11.2 Å². The van der Waals surface area contributed by atoms with Crippen LogP contribution in [0.4, 0.5) is 0 Å². The number of carbonyl (C=O) groups is 1. The molecule has 1 amide bonds. The third kappa shape index (κ3) is 4.50. The van der Waals surface area contributed by atoms with E-state index in [4.69, 9.17) is 4.52 Å². The highest BCUT2D eigenvalue weighted by atomic mass is 16.5. The summed E-state index contributed by atoms with van der Waals surface area (Å²) in [7, 11) is 0. The van der Waals surface area contributed by atoms with Crippen LogP contribution in [0.2, 0.25) is 0 Å². The molecule has 3 aromatic rings. The van der Waals surface area contributed by atoms with Crippen molar-refractivity contribution in [2.45, 2.75) is 39.2 Å². The summed E-state index contributed by atoms with van der Waals surface area (Å²) < 4.78 is 6.72. The molecule has 8 heteroatoms. The van der Waals surface area contributed by atoms with Crippen molar-refractivity contribution >= 4 is 5.91 Å². The first-order valence-corrected chi connectivity index (χ1v) is 8.17. The van der Waals surface area contributed by atoms with Gasteiger partial charge in [-0.05, 0) is 38.0 Å². The smallest absolute Gasteiger partial charge is 0.226 e. The number of hydrogen-bond donors (Lipinski definition) is 1. The average molecular weight is 340 g/mol. The van der Waals surface area contributed by atoms with Gasteiger partial charge in [-0.15, -0.1) is 5.10 Å². The molecule has 0 saturated carbocycles. The molecule has 0 spiro atoms. The Labute approximate surface area is 145 Å². The second kappa shape index (κ2) is 7.69. The molecule has 0 bridgehead atoms. The van der Waals surface area contributed by atoms with E-state index in [0.29, 0.717) is 31.0 Å². The van der Waals surface area contributed by atoms with Crippen molar-refractivity contribution in [3.8, 4) is 5.69 Å². The zero-order chi connectivity index (χ0) is 17.6. The molecule has 130 valence electrons. The van der Waals surface area contributed by atoms with Crippen LogP contribution >= 0.6 is 0 Å². The van der Waals surface area contributed by atoms with Gasteiger partial charge in [0.05, 0.1) is 24.1 Å². The van der Waals surface area contributed by atoms with Crippen molar-refractivity contribution in [3.63, 3.8) is 0 Å². The van der Waals surface area contributed by atoms with Crippen molar-refractivity contribution in [2.75, 3.05) is 0 Å². The highest BCUT2D eigenvalue weighted by Gasteiger charge is 2.11. The lowest BCUT2D eigenvalue weighted by Gasteiger charge is -2.14. The summed E-state index contributed by atoms with van der Waals surface area (Å²) in [6.45, 7) is 3.74. The number of amides is 1. The molecule has 0 radical (unpaired) electrons. The van der Waals surface area contributed by atoms with E-state index in [1.54, 1.807) is 24.0 Å². The minimum atomic E-state index is -0.0667. The molecule has 0 aliphatic carbocycles. The van der Waals surface area contributed by atoms with Gasteiger partial charge < -0.3 is 9.84 Å². The molecular formula is C17H20N6O2. The van der Waals surface area contributed by atoms with E-state index in [9.17, 15) is 4.79 Å². The van der Waals surface area contributed by atoms with Crippen LogP contribution in [0.5, 0.6) is 0 Å². The van der Waals surface area contributed by atoms with Gasteiger partial charge in [0.2, 0.25) is 11.8 Å². The third-order valence-corrected chi connectivity index (χ3v) is 3.82. The van der Waals surface area contributed by atoms with E-state index in [1.165, 1.54) is 0 Å². The molecule has 0 aliphatic heterocycles. The fourth-order valence-corrected chi connectivity index (χ4v) is 2.50. The fraction of sp³-hybridized carbons (Fsp3) is 0.353. The lowest BCUT2D eigenvalue weighted by atomic mass is 10.1. The van der Waals surface area contributed by atoms with E-state index in [1.807, 2.05) is 31.2 Å². The van der Waals surface area contributed by atoms with Crippen LogP contribution in [0, 0.1) is 6.92 Å². The molecule has 2 heterocycles. The number of rotatable bonds is 7. The summed E-state index contributed by atoms with van der Waals surface area (Å²) in [4.78, 5) is 16.2. The predicted molar refractivity (Wildman–Crippen MR) is 89.9 cm³/mol. The Morgan fingerprint density at radius 2 is 2.12 bits per heavy atom. The Kier molecular flexibility index (Phi) is 5.17. The van der Waals surface area contributed by atoms with Crippen LogP contribution in [0.25, 0.3) is 5.69 Å². The average Bonchev–Trinajstić information content (AvgIpc) is 3.27. The molecule has 0 unspecified atom stereocenters. The number of carbonyl (C=O) groups excluding carboxylic acids is 1. The van der Waals surface area contributed by atoms with E-state index in [-0.39, 0.29) is 11.9 Å². The lowest BCUT2D eigenvalue weighted by molar-refractivity contribution is -0.121. The summed E-state index contributed by atoms with van der Waals surface area (Å²) >= 11 is 0. The maximum Gasteiger partial charge on any atom is 0.226 e. The predicted octanol–water partition coefficient (Wildman–Crippen LogP) is 2.16. The number of aromatic nitrogens is 5. The maximum absolute atomic E-state index is 12.1. The number of nitrogens with zero attached hydrogens (tertiary/aromatic N) is 5. The Morgan fingerprint density at radius 3 is 2.76 bits per heavy atom. The fourth-order valence-electron chi connectivity index (χ4n) is 2.50. The Morgan fingerprint density at radius 1 is 1.32 bits per heavy atom. The van der Waals surface area contributed by atoms with Crippen molar-refractivity contribution in [1.82, 2.24) is 30.5 Å². The summed E-state index contributed by atoms with van der Waals surface area (Å²) in [5, 5.41) is 14.5. The zero-order valence-corrected chi connectivity index (χ0v) is 14.2. The summed E-state index contributed by atoms with van der Waals surface area (Å²) in [6.07, 6.45) is 5.11. The van der Waals surface area contributed by atoms with E-state index >= 15 is 0 Å². The molecule has 0 fully saturated rings. The first-order valence-electron chi connectivity index (χ1n) is 8.17. The van der Waals surface area contributed by atoms with Crippen LogP contribution in [0.15, 0.2) is 41.2 Å². The van der Waals surface area contributed by atoms with Crippen LogP contribution in [0.3, 0.4) is 0 Å². The maximum atomic E-state index is 12.1. The van der Waals surface area contributed by atoms with E-state index in [0.717, 1.165) is 11.3 Å². The van der Waals surface area contributed by atoms with Crippen LogP contribution in [0.1, 0.15) is 43.1 Å². The quantitative estimate of drug-likeness (QED) is 0.707. The summed E-state index contributed by atoms with van der Waals surface area (Å²) in [5.74, 6) is 1.19. The van der Waals surface area contributed by atoms with Crippen molar-refractivity contribution in [3.05, 3.63) is 53.9 Å². The topological polar surface area (TPSA) is 98.7 Å². The number of hydrogen-bond acceptors (Lipinski definition) is 6. The highest BCUT2D eigenvalue weighted by Crippen LogP contribution is 2.15. The molecule has 1 atom stereocenters. The molecule has 1 aromatic carbocycles. The molecule has 0 saturated heterocycles. The molecule has 8 nitrogen and oxygen atoms in total. The van der Waals surface area contributed by atoms with Gasteiger partial charge in [0.25, 0.3) is 0 Å². The molecule has 3 rings (SSSR count). The first kappa shape index (κ1) is 16.8. The van der Waals surface area contributed by atoms with E-state index < -0.39 is 0 Å². The van der Waals surface area contributed by atoms with Gasteiger partial charge in [-0.2, -0.15) is 4.98 Å². The van der Waals surface area contributed by atoms with Gasteiger partial charge in [0, 0.05) is 12.8 Å². The first-order chi connectivity index (χ1) is 12.1. The van der Waals surface area contributed by atoms with Gasteiger partial charge >= 0.3 is 0 Å². The van der Waals surface area contributed by atoms with Crippen molar-refractivity contribution in [1.29, 1.82) is 0 Å². The normalized spacial score (nSPS) is 12.1.